The van der Waals surface area contributed by atoms with Gasteiger partial charge in [-0.3, -0.25) is 9.69 Å². The van der Waals surface area contributed by atoms with Crippen molar-refractivity contribution in [2.75, 3.05) is 13.1 Å². The van der Waals surface area contributed by atoms with Crippen LogP contribution in [0.15, 0.2) is 12.1 Å². The Morgan fingerprint density at radius 1 is 1.27 bits per heavy atom. The first-order chi connectivity index (χ1) is 12.0. The smallest absolute Gasteiger partial charge is 0.174 e. The molecule has 3 fully saturated rings. The average molecular weight is 422 g/mol. The van der Waals surface area contributed by atoms with Gasteiger partial charge in [0.25, 0.3) is 0 Å². The summed E-state index contributed by atoms with van der Waals surface area (Å²) in [7, 11) is 0. The van der Waals surface area contributed by atoms with Crippen LogP contribution in [0.4, 0.5) is 0 Å². The molecule has 1 aromatic carbocycles. The number of likely N-dealkylation sites (tertiary alicyclic amines) is 1. The van der Waals surface area contributed by atoms with Gasteiger partial charge in [-0.15, -0.1) is 17.0 Å². The number of phenols is 1. The number of carbonyl (C=O) groups is 1. The number of ether oxygens (including phenoxy) is 1. The second-order valence-electron chi connectivity index (χ2n) is 8.72. The Bertz CT molecular complexity index is 809. The Balaban J connectivity index is 0.00000150. The highest BCUT2D eigenvalue weighted by Gasteiger charge is 2.73. The number of aromatic hydroxyl groups is 1. The maximum Gasteiger partial charge on any atom is 0.174 e. The summed E-state index contributed by atoms with van der Waals surface area (Å²) < 4.78 is 6.04. The Morgan fingerprint density at radius 2 is 2.08 bits per heavy atom. The van der Waals surface area contributed by atoms with Crippen LogP contribution < -0.4 is 4.74 Å². The Kier molecular flexibility index (Phi) is 3.43. The molecule has 1 spiro atoms. The van der Waals surface area contributed by atoms with Crippen molar-refractivity contribution in [1.29, 1.82) is 0 Å². The highest BCUT2D eigenvalue weighted by Crippen LogP contribution is 2.64. The predicted octanol–water partition coefficient (Wildman–Crippen LogP) is 2.10. The molecule has 2 aliphatic heterocycles. The van der Waals surface area contributed by atoms with E-state index in [1.165, 1.54) is 12.8 Å². The molecule has 2 N–H and O–H groups in total. The molecule has 4 atom stereocenters. The summed E-state index contributed by atoms with van der Waals surface area (Å²) in [5.41, 5.74) is 0.454. The minimum absolute atomic E-state index is 0. The van der Waals surface area contributed by atoms with Crippen LogP contribution in [0.5, 0.6) is 11.5 Å². The topological polar surface area (TPSA) is 70.0 Å². The Labute approximate surface area is 163 Å². The van der Waals surface area contributed by atoms with Crippen molar-refractivity contribution in [1.82, 2.24) is 4.90 Å². The largest absolute Gasteiger partial charge is 0.504 e. The first kappa shape index (κ1) is 17.0. The van der Waals surface area contributed by atoms with Crippen LogP contribution in [0.3, 0.4) is 0 Å². The van der Waals surface area contributed by atoms with Crippen LogP contribution in [0, 0.1) is 5.92 Å². The number of aliphatic hydroxyl groups is 1. The minimum Gasteiger partial charge on any atom is -0.504 e. The van der Waals surface area contributed by atoms with Crippen molar-refractivity contribution < 1.29 is 19.7 Å². The van der Waals surface area contributed by atoms with Gasteiger partial charge in [-0.05, 0) is 56.2 Å². The lowest BCUT2D eigenvalue weighted by molar-refractivity contribution is -0.188. The number of hydrogen-bond acceptors (Lipinski definition) is 5. The van der Waals surface area contributed by atoms with E-state index >= 15 is 0 Å². The lowest BCUT2D eigenvalue weighted by atomic mass is 9.49. The Morgan fingerprint density at radius 3 is 2.85 bits per heavy atom. The summed E-state index contributed by atoms with van der Waals surface area (Å²) in [4.78, 5) is 15.2. The zero-order valence-electron chi connectivity index (χ0n) is 14.6. The number of phenolic OH excluding ortho intramolecular Hbond substituents is 1. The van der Waals surface area contributed by atoms with Crippen LogP contribution in [0.2, 0.25) is 0 Å². The third-order valence-electron chi connectivity index (χ3n) is 7.56. The number of piperidine rings is 1. The molecule has 0 aromatic heterocycles. The Hall–Kier alpha value is -1.11. The van der Waals surface area contributed by atoms with Crippen molar-refractivity contribution in [2.24, 2.45) is 5.92 Å². The number of Topliss-reactive ketones (excluding diaryl/α,β-unsaturated/α-hetero) is 1. The van der Waals surface area contributed by atoms with E-state index in [0.717, 1.165) is 43.0 Å². The molecule has 6 rings (SSSR count). The van der Waals surface area contributed by atoms with Crippen LogP contribution in [-0.2, 0) is 16.6 Å². The molecule has 0 radical (unpaired) electrons. The van der Waals surface area contributed by atoms with E-state index in [2.05, 4.69) is 4.90 Å². The van der Waals surface area contributed by atoms with Crippen molar-refractivity contribution in [3.8, 4) is 11.5 Å². The molecule has 0 unspecified atom stereocenters. The summed E-state index contributed by atoms with van der Waals surface area (Å²) in [6.45, 7) is 1.95. The molecule has 3 aliphatic carbocycles. The second kappa shape index (κ2) is 5.24. The highest BCUT2D eigenvalue weighted by molar-refractivity contribution is 8.93. The molecule has 5 nitrogen and oxygen atoms in total. The average Bonchev–Trinajstić information content (AvgIpc) is 3.32. The molecule has 1 aromatic rings. The molecular weight excluding hydrogens is 398 g/mol. The van der Waals surface area contributed by atoms with Crippen LogP contribution in [0.25, 0.3) is 0 Å². The number of hydrogen-bond donors (Lipinski definition) is 2. The summed E-state index contributed by atoms with van der Waals surface area (Å²) in [5, 5.41) is 22.3. The van der Waals surface area contributed by atoms with Gasteiger partial charge in [0.2, 0.25) is 0 Å². The van der Waals surface area contributed by atoms with Gasteiger partial charge in [0.15, 0.2) is 23.4 Å². The van der Waals surface area contributed by atoms with E-state index in [1.807, 2.05) is 6.07 Å². The fourth-order valence-electron chi connectivity index (χ4n) is 6.26. The van der Waals surface area contributed by atoms with E-state index in [-0.39, 0.29) is 34.6 Å². The van der Waals surface area contributed by atoms with Crippen molar-refractivity contribution in [3.63, 3.8) is 0 Å². The zero-order valence-corrected chi connectivity index (χ0v) is 16.3. The maximum absolute atomic E-state index is 12.7. The molecule has 6 heteroatoms. The SMILES string of the molecule is Br.O=C1CC[C@@]2(O)[C@H]3Cc4ccc(O)c5c4[C@@]2(CCN3CC2CC2)[C@H]1O5. The van der Waals surface area contributed by atoms with E-state index < -0.39 is 17.1 Å². The summed E-state index contributed by atoms with van der Waals surface area (Å²) in [6, 6.07) is 3.69. The fourth-order valence-corrected chi connectivity index (χ4v) is 6.26. The molecule has 2 saturated carbocycles. The number of carbonyl (C=O) groups excluding carboxylic acids is 1. The van der Waals surface area contributed by atoms with Crippen molar-refractivity contribution in [2.45, 2.75) is 61.7 Å². The summed E-state index contributed by atoms with van der Waals surface area (Å²) in [5.74, 6) is 1.39. The zero-order chi connectivity index (χ0) is 17.0. The molecular formula is C20H24BrNO4. The van der Waals surface area contributed by atoms with Gasteiger partial charge in [-0.25, -0.2) is 0 Å². The first-order valence-electron chi connectivity index (χ1n) is 9.56. The second-order valence-corrected chi connectivity index (χ2v) is 8.72. The van der Waals surface area contributed by atoms with E-state index in [9.17, 15) is 15.0 Å². The summed E-state index contributed by atoms with van der Waals surface area (Å²) in [6.07, 6.45) is 4.33. The molecule has 5 aliphatic rings. The number of ketones is 1. The van der Waals surface area contributed by atoms with Crippen molar-refractivity contribution >= 4 is 22.8 Å². The van der Waals surface area contributed by atoms with E-state index in [1.54, 1.807) is 6.07 Å². The van der Waals surface area contributed by atoms with Gasteiger partial charge >= 0.3 is 0 Å². The fraction of sp³-hybridized carbons (Fsp3) is 0.650. The molecule has 26 heavy (non-hydrogen) atoms. The number of benzene rings is 1. The van der Waals surface area contributed by atoms with Gasteiger partial charge in [-0.1, -0.05) is 6.07 Å². The van der Waals surface area contributed by atoms with Gasteiger partial charge in [0.05, 0.1) is 11.0 Å². The molecule has 0 amide bonds. The first-order valence-corrected chi connectivity index (χ1v) is 9.56. The van der Waals surface area contributed by atoms with Gasteiger partial charge in [0, 0.05) is 24.6 Å². The standard InChI is InChI=1S/C20H23NO4.BrH/c22-13-4-3-12-9-15-20(24)6-5-14(23)18-19(20,16(12)17(13)25-18)7-8-21(15)10-11-1-2-11;/h3-4,11,15,18,22,24H,1-2,5-10H2;1H/t15-,18+,19+,20-;/m1./s1. The molecule has 2 bridgehead atoms. The van der Waals surface area contributed by atoms with Crippen molar-refractivity contribution in [3.05, 3.63) is 23.3 Å². The van der Waals surface area contributed by atoms with E-state index in [4.69, 9.17) is 4.74 Å². The van der Waals surface area contributed by atoms with Crippen LogP contribution >= 0.6 is 17.0 Å². The normalized spacial score (nSPS) is 39.8. The van der Waals surface area contributed by atoms with Gasteiger partial charge in [-0.2, -0.15) is 0 Å². The van der Waals surface area contributed by atoms with E-state index in [0.29, 0.717) is 18.6 Å². The molecule has 140 valence electrons. The number of nitrogens with zero attached hydrogens (tertiary/aromatic N) is 1. The van der Waals surface area contributed by atoms with Crippen LogP contribution in [0.1, 0.15) is 43.2 Å². The lowest BCUT2D eigenvalue weighted by Gasteiger charge is -2.62. The highest BCUT2D eigenvalue weighted by atomic mass is 79.9. The minimum atomic E-state index is -0.940. The lowest BCUT2D eigenvalue weighted by Crippen LogP contribution is -2.76. The molecule has 2 heterocycles. The predicted molar refractivity (Wildman–Crippen MR) is 100 cm³/mol. The monoisotopic (exact) mass is 421 g/mol. The third-order valence-corrected chi connectivity index (χ3v) is 7.56. The number of halogens is 1. The number of rotatable bonds is 2. The molecule has 1 saturated heterocycles. The summed E-state index contributed by atoms with van der Waals surface area (Å²) >= 11 is 0. The third kappa shape index (κ3) is 1.81. The van der Waals surface area contributed by atoms with Gasteiger partial charge in [0.1, 0.15) is 0 Å². The maximum atomic E-state index is 12.7. The quantitative estimate of drug-likeness (QED) is 0.764. The van der Waals surface area contributed by atoms with Crippen LogP contribution in [-0.4, -0.2) is 51.7 Å². The van der Waals surface area contributed by atoms with Gasteiger partial charge < -0.3 is 14.9 Å².